The number of hydrogen-bond donors (Lipinski definition) is 2. The van der Waals surface area contributed by atoms with Crippen LogP contribution < -0.4 is 15.4 Å². The molecule has 0 atom stereocenters. The lowest BCUT2D eigenvalue weighted by molar-refractivity contribution is -0.112. The summed E-state index contributed by atoms with van der Waals surface area (Å²) in [7, 11) is 7.72. The molecule has 198 valence electrons. The number of carbonyl (C=O) groups excluding carboxylic acids is 1. The topological polar surface area (TPSA) is 84.3 Å². The van der Waals surface area contributed by atoms with Gasteiger partial charge in [0.1, 0.15) is 5.75 Å². The van der Waals surface area contributed by atoms with Crippen molar-refractivity contribution in [2.24, 2.45) is 7.05 Å². The number of nitrogens with zero attached hydrogens (tertiary/aromatic N) is 4. The van der Waals surface area contributed by atoms with Crippen molar-refractivity contribution in [3.8, 4) is 17.0 Å². The van der Waals surface area contributed by atoms with Crippen molar-refractivity contribution in [2.75, 3.05) is 38.4 Å². The number of methoxy groups -OCH3 is 1. The average molecular weight is 533 g/mol. The van der Waals surface area contributed by atoms with Gasteiger partial charge in [0.25, 0.3) is 5.91 Å². The van der Waals surface area contributed by atoms with E-state index >= 15 is 0 Å². The maximum Gasteiger partial charge on any atom is 0.266 e. The molecule has 0 fully saturated rings. The zero-order valence-corrected chi connectivity index (χ0v) is 23.2. The van der Waals surface area contributed by atoms with E-state index in [1.54, 1.807) is 13.3 Å². The lowest BCUT2D eigenvalue weighted by Crippen LogP contribution is -2.15. The van der Waals surface area contributed by atoms with Crippen LogP contribution in [0.1, 0.15) is 17.7 Å². The third kappa shape index (κ3) is 5.82. The number of fused-ring (bicyclic) bond motifs is 1. The van der Waals surface area contributed by atoms with Gasteiger partial charge in [0.05, 0.1) is 23.5 Å². The second kappa shape index (κ2) is 11.7. The van der Waals surface area contributed by atoms with Crippen LogP contribution in [0.15, 0.2) is 60.3 Å². The lowest BCUT2D eigenvalue weighted by atomic mass is 10.0. The number of aryl methyl sites for hydroxylation is 2. The standard InChI is InChI=1S/C29H33ClN6O2/c1-18(30)28(37)32-23-17-24(26(38-6)16-20(23)10-9-15-35(3)4)34-29-31-14-13-22(33-29)27-19(2)36(5)25-12-8-7-11-21(25)27/h7-8,11-14,16-17H,1,9-10,15H2,2-6H3,(H,32,37)(H,31,33,34). The van der Waals surface area contributed by atoms with Gasteiger partial charge in [-0.25, -0.2) is 9.97 Å². The van der Waals surface area contributed by atoms with E-state index < -0.39 is 5.91 Å². The smallest absolute Gasteiger partial charge is 0.266 e. The fourth-order valence-corrected chi connectivity index (χ4v) is 4.56. The first-order chi connectivity index (χ1) is 18.2. The Balaban J connectivity index is 1.71. The highest BCUT2D eigenvalue weighted by molar-refractivity contribution is 6.43. The molecule has 4 aromatic rings. The number of para-hydroxylation sites is 1. The molecular weight excluding hydrogens is 500 g/mol. The van der Waals surface area contributed by atoms with Gasteiger partial charge in [0, 0.05) is 41.1 Å². The summed E-state index contributed by atoms with van der Waals surface area (Å²) in [5, 5.41) is 7.19. The van der Waals surface area contributed by atoms with Crippen molar-refractivity contribution in [3.05, 3.63) is 71.5 Å². The average Bonchev–Trinajstić information content (AvgIpc) is 3.14. The number of amides is 1. The fraction of sp³-hybridized carbons (Fsp3) is 0.276. The molecule has 9 heteroatoms. The van der Waals surface area contributed by atoms with Crippen LogP contribution in [0.2, 0.25) is 0 Å². The fourth-order valence-electron chi connectivity index (χ4n) is 4.51. The number of benzene rings is 2. The van der Waals surface area contributed by atoms with Crippen molar-refractivity contribution in [1.82, 2.24) is 19.4 Å². The Bertz CT molecular complexity index is 1490. The maximum absolute atomic E-state index is 12.4. The van der Waals surface area contributed by atoms with Crippen LogP contribution in [0.3, 0.4) is 0 Å². The van der Waals surface area contributed by atoms with E-state index in [0.29, 0.717) is 23.1 Å². The minimum Gasteiger partial charge on any atom is -0.495 e. The van der Waals surface area contributed by atoms with Gasteiger partial charge in [0.2, 0.25) is 5.95 Å². The highest BCUT2D eigenvalue weighted by Crippen LogP contribution is 2.36. The second-order valence-electron chi connectivity index (χ2n) is 9.40. The number of anilines is 3. The first-order valence-corrected chi connectivity index (χ1v) is 12.7. The molecule has 0 spiro atoms. The van der Waals surface area contributed by atoms with Gasteiger partial charge in [-0.05, 0) is 70.2 Å². The third-order valence-corrected chi connectivity index (χ3v) is 6.70. The van der Waals surface area contributed by atoms with Gasteiger partial charge in [0.15, 0.2) is 0 Å². The van der Waals surface area contributed by atoms with Gasteiger partial charge >= 0.3 is 0 Å². The van der Waals surface area contributed by atoms with Crippen LogP contribution in [-0.4, -0.2) is 53.1 Å². The van der Waals surface area contributed by atoms with Gasteiger partial charge in [-0.15, -0.1) is 0 Å². The number of aromatic nitrogens is 3. The highest BCUT2D eigenvalue weighted by atomic mass is 35.5. The SMILES string of the molecule is C=C(Cl)C(=O)Nc1cc(Nc2nccc(-c3c(C)n(C)c4ccccc34)n2)c(OC)cc1CCCN(C)C. The predicted octanol–water partition coefficient (Wildman–Crippen LogP) is 5.88. The summed E-state index contributed by atoms with van der Waals surface area (Å²) in [6.45, 7) is 6.54. The van der Waals surface area contributed by atoms with Crippen molar-refractivity contribution < 1.29 is 9.53 Å². The highest BCUT2D eigenvalue weighted by Gasteiger charge is 2.17. The van der Waals surface area contributed by atoms with Gasteiger partial charge in [-0.3, -0.25) is 4.79 Å². The molecular formula is C29H33ClN6O2. The summed E-state index contributed by atoms with van der Waals surface area (Å²) in [4.78, 5) is 23.8. The predicted molar refractivity (Wildman–Crippen MR) is 155 cm³/mol. The Hall–Kier alpha value is -3.88. The minimum atomic E-state index is -0.457. The number of hydrogen-bond acceptors (Lipinski definition) is 6. The van der Waals surface area contributed by atoms with Gasteiger partial charge < -0.3 is 24.8 Å². The second-order valence-corrected chi connectivity index (χ2v) is 9.86. The zero-order chi connectivity index (χ0) is 27.4. The van der Waals surface area contributed by atoms with Crippen molar-refractivity contribution in [1.29, 1.82) is 0 Å². The molecule has 0 radical (unpaired) electrons. The number of halogens is 1. The normalized spacial score (nSPS) is 11.1. The summed E-state index contributed by atoms with van der Waals surface area (Å²) in [6, 6.07) is 13.9. The molecule has 0 aliphatic heterocycles. The summed E-state index contributed by atoms with van der Waals surface area (Å²) in [5.41, 5.74) is 6.30. The summed E-state index contributed by atoms with van der Waals surface area (Å²) in [5.74, 6) is 0.566. The molecule has 0 saturated carbocycles. The number of nitrogens with one attached hydrogen (secondary N) is 2. The molecule has 2 aromatic carbocycles. The van der Waals surface area contributed by atoms with Gasteiger partial charge in [-0.2, -0.15) is 0 Å². The molecule has 8 nitrogen and oxygen atoms in total. The Morgan fingerprint density at radius 2 is 1.95 bits per heavy atom. The van der Waals surface area contributed by atoms with Crippen molar-refractivity contribution >= 4 is 45.7 Å². The zero-order valence-electron chi connectivity index (χ0n) is 22.4. The lowest BCUT2D eigenvalue weighted by Gasteiger charge is -2.18. The van der Waals surface area contributed by atoms with E-state index in [-0.39, 0.29) is 5.03 Å². The van der Waals surface area contributed by atoms with E-state index in [0.717, 1.165) is 52.8 Å². The Morgan fingerprint density at radius 1 is 1.18 bits per heavy atom. The summed E-state index contributed by atoms with van der Waals surface area (Å²) < 4.78 is 7.86. The maximum atomic E-state index is 12.4. The van der Waals surface area contributed by atoms with Crippen LogP contribution in [0.25, 0.3) is 22.2 Å². The molecule has 0 bridgehead atoms. The van der Waals surface area contributed by atoms with E-state index in [1.165, 1.54) is 0 Å². The summed E-state index contributed by atoms with van der Waals surface area (Å²) in [6.07, 6.45) is 3.38. The molecule has 38 heavy (non-hydrogen) atoms. The Labute approximate surface area is 228 Å². The van der Waals surface area contributed by atoms with Crippen LogP contribution in [0, 0.1) is 6.92 Å². The van der Waals surface area contributed by atoms with Crippen LogP contribution >= 0.6 is 11.6 Å². The molecule has 0 saturated heterocycles. The molecule has 2 heterocycles. The minimum absolute atomic E-state index is 0.0870. The van der Waals surface area contributed by atoms with E-state index in [2.05, 4.69) is 57.8 Å². The number of rotatable bonds is 10. The van der Waals surface area contributed by atoms with Crippen molar-refractivity contribution in [3.63, 3.8) is 0 Å². The van der Waals surface area contributed by atoms with Crippen LogP contribution in [-0.2, 0) is 18.3 Å². The Morgan fingerprint density at radius 3 is 2.66 bits per heavy atom. The first-order valence-electron chi connectivity index (χ1n) is 12.4. The molecule has 2 aromatic heterocycles. The van der Waals surface area contributed by atoms with Crippen LogP contribution in [0.5, 0.6) is 5.75 Å². The molecule has 0 unspecified atom stereocenters. The number of carbonyl (C=O) groups is 1. The first kappa shape index (κ1) is 27.2. The van der Waals surface area contributed by atoms with Crippen molar-refractivity contribution in [2.45, 2.75) is 19.8 Å². The third-order valence-electron chi connectivity index (χ3n) is 6.53. The van der Waals surface area contributed by atoms with Crippen LogP contribution in [0.4, 0.5) is 17.3 Å². The monoisotopic (exact) mass is 532 g/mol. The largest absolute Gasteiger partial charge is 0.495 e. The molecule has 0 aliphatic carbocycles. The van der Waals surface area contributed by atoms with E-state index in [1.807, 2.05) is 44.4 Å². The Kier molecular flexibility index (Phi) is 8.34. The van der Waals surface area contributed by atoms with E-state index in [4.69, 9.17) is 21.3 Å². The van der Waals surface area contributed by atoms with Gasteiger partial charge in [-0.1, -0.05) is 36.4 Å². The molecule has 1 amide bonds. The number of ether oxygens (including phenoxy) is 1. The quantitative estimate of drug-likeness (QED) is 0.248. The van der Waals surface area contributed by atoms with E-state index in [9.17, 15) is 4.79 Å². The summed E-state index contributed by atoms with van der Waals surface area (Å²) >= 11 is 5.86. The molecule has 2 N–H and O–H groups in total. The molecule has 0 aliphatic rings. The molecule has 4 rings (SSSR count).